The molecule has 0 unspecified atom stereocenters. The summed E-state index contributed by atoms with van der Waals surface area (Å²) in [6, 6.07) is 8.58. The van der Waals surface area contributed by atoms with Gasteiger partial charge in [-0.05, 0) is 55.7 Å². The molecule has 0 atom stereocenters. The minimum Gasteiger partial charge on any atom is -0.352 e. The van der Waals surface area contributed by atoms with E-state index in [4.69, 9.17) is 0 Å². The van der Waals surface area contributed by atoms with Gasteiger partial charge >= 0.3 is 10.2 Å². The third-order valence-electron chi connectivity index (χ3n) is 4.01. The van der Waals surface area contributed by atoms with E-state index in [1.807, 2.05) is 17.5 Å². The van der Waals surface area contributed by atoms with Crippen LogP contribution in [0.25, 0.3) is 11.3 Å². The van der Waals surface area contributed by atoms with Crippen LogP contribution in [0.3, 0.4) is 0 Å². The normalized spacial score (nSPS) is 11.3. The van der Waals surface area contributed by atoms with E-state index in [9.17, 15) is 17.1 Å². The summed E-state index contributed by atoms with van der Waals surface area (Å²) in [6.45, 7) is 0.489. The fraction of sp³-hybridized carbons (Fsp3) is 0.211. The molecule has 0 aliphatic rings. The highest BCUT2D eigenvalue weighted by atomic mass is 32.3. The summed E-state index contributed by atoms with van der Waals surface area (Å²) in [4.78, 5) is 20.3. The zero-order valence-electron chi connectivity index (χ0n) is 14.8. The summed E-state index contributed by atoms with van der Waals surface area (Å²) in [5.41, 5.74) is 2.19. The quantitative estimate of drug-likeness (QED) is 0.445. The second kappa shape index (κ2) is 9.03. The fourth-order valence-electron chi connectivity index (χ4n) is 2.55. The molecule has 1 amide bonds. The Labute approximate surface area is 166 Å². The molecule has 0 aliphatic carbocycles. The van der Waals surface area contributed by atoms with Crippen LogP contribution >= 0.6 is 11.3 Å². The molecule has 146 valence electrons. The Bertz CT molecular complexity index is 1040. The van der Waals surface area contributed by atoms with E-state index in [0.29, 0.717) is 6.54 Å². The highest BCUT2D eigenvalue weighted by Gasteiger charge is 2.13. The van der Waals surface area contributed by atoms with Crippen LogP contribution < -0.4 is 5.32 Å². The van der Waals surface area contributed by atoms with Crippen molar-refractivity contribution in [1.82, 2.24) is 15.3 Å². The van der Waals surface area contributed by atoms with Gasteiger partial charge in [0, 0.05) is 35.4 Å². The van der Waals surface area contributed by atoms with E-state index in [1.165, 1.54) is 12.1 Å². The van der Waals surface area contributed by atoms with Crippen molar-refractivity contribution in [2.45, 2.75) is 24.2 Å². The second-order valence-electron chi connectivity index (χ2n) is 6.04. The predicted octanol–water partition coefficient (Wildman–Crippen LogP) is 3.62. The number of nitrogens with one attached hydrogen (secondary N) is 1. The molecule has 0 aliphatic heterocycles. The molecule has 2 heterocycles. The van der Waals surface area contributed by atoms with Gasteiger partial charge in [-0.2, -0.15) is 8.42 Å². The van der Waals surface area contributed by atoms with Gasteiger partial charge in [-0.15, -0.1) is 15.2 Å². The Morgan fingerprint density at radius 1 is 1.14 bits per heavy atom. The average molecular weight is 420 g/mol. The lowest BCUT2D eigenvalue weighted by Crippen LogP contribution is -2.24. The van der Waals surface area contributed by atoms with Crippen molar-refractivity contribution < 1.29 is 17.1 Å². The lowest BCUT2D eigenvalue weighted by Gasteiger charge is -2.05. The van der Waals surface area contributed by atoms with Crippen molar-refractivity contribution in [2.75, 3.05) is 6.54 Å². The predicted molar refractivity (Wildman–Crippen MR) is 105 cm³/mol. The first-order valence-electron chi connectivity index (χ1n) is 8.61. The molecule has 0 spiro atoms. The first kappa shape index (κ1) is 20.1. The summed E-state index contributed by atoms with van der Waals surface area (Å²) in [5.74, 6) is -0.323. The monoisotopic (exact) mass is 419 g/mol. The lowest BCUT2D eigenvalue weighted by molar-refractivity contribution is 0.0953. The molecular formula is C19H18FN3O3S2. The van der Waals surface area contributed by atoms with Gasteiger partial charge in [-0.25, -0.2) is 4.98 Å². The minimum atomic E-state index is -4.75. The van der Waals surface area contributed by atoms with Crippen molar-refractivity contribution in [3.63, 3.8) is 0 Å². The maximum Gasteiger partial charge on any atom is 0.332 e. The summed E-state index contributed by atoms with van der Waals surface area (Å²) in [6.07, 6.45) is 5.99. The molecule has 2 aromatic heterocycles. The van der Waals surface area contributed by atoms with Crippen LogP contribution in [0.4, 0.5) is 3.89 Å². The van der Waals surface area contributed by atoms with Crippen LogP contribution in [0.2, 0.25) is 0 Å². The lowest BCUT2D eigenvalue weighted by atomic mass is 10.2. The van der Waals surface area contributed by atoms with Gasteiger partial charge in [0.1, 0.15) is 0 Å². The van der Waals surface area contributed by atoms with Crippen molar-refractivity contribution in [2.24, 2.45) is 0 Å². The number of pyridine rings is 1. The Kier molecular flexibility index (Phi) is 6.48. The van der Waals surface area contributed by atoms with Gasteiger partial charge in [-0.3, -0.25) is 9.78 Å². The van der Waals surface area contributed by atoms with Gasteiger partial charge < -0.3 is 5.32 Å². The molecule has 0 fully saturated rings. The van der Waals surface area contributed by atoms with E-state index in [2.05, 4.69) is 15.3 Å². The molecule has 9 heteroatoms. The van der Waals surface area contributed by atoms with E-state index in [0.717, 1.165) is 47.7 Å². The maximum absolute atomic E-state index is 12.8. The average Bonchev–Trinajstić information content (AvgIpc) is 3.17. The summed E-state index contributed by atoms with van der Waals surface area (Å²) in [5, 5.41) is 5.81. The Morgan fingerprint density at radius 3 is 2.61 bits per heavy atom. The van der Waals surface area contributed by atoms with Crippen LogP contribution in [-0.2, 0) is 16.6 Å². The number of hydrogen-bond donors (Lipinski definition) is 1. The number of rotatable bonds is 8. The van der Waals surface area contributed by atoms with Crippen LogP contribution in [0, 0.1) is 0 Å². The van der Waals surface area contributed by atoms with Gasteiger partial charge in [0.2, 0.25) is 0 Å². The van der Waals surface area contributed by atoms with E-state index >= 15 is 0 Å². The standard InChI is InChI=1S/C19H18FN3O3S2/c20-28(25,26)16-8-6-14(7-9-16)19(24)22-11-2-1-5-18-23-17(13-27-18)15-4-3-10-21-12-15/h3-4,6-10,12-13H,1-2,5,11H2,(H,22,24). The number of unbranched alkanes of at least 4 members (excludes halogenated alkanes) is 1. The highest BCUT2D eigenvalue weighted by Crippen LogP contribution is 2.21. The fourth-order valence-corrected chi connectivity index (χ4v) is 3.86. The highest BCUT2D eigenvalue weighted by molar-refractivity contribution is 7.86. The molecule has 1 N–H and O–H groups in total. The molecule has 3 aromatic rings. The smallest absolute Gasteiger partial charge is 0.332 e. The number of thiazole rings is 1. The summed E-state index contributed by atoms with van der Waals surface area (Å²) in [7, 11) is -4.75. The van der Waals surface area contributed by atoms with Crippen LogP contribution in [-0.4, -0.2) is 30.8 Å². The molecular weight excluding hydrogens is 401 g/mol. The maximum atomic E-state index is 12.8. The van der Waals surface area contributed by atoms with Gasteiger partial charge in [0.05, 0.1) is 15.6 Å². The zero-order valence-corrected chi connectivity index (χ0v) is 16.5. The summed E-state index contributed by atoms with van der Waals surface area (Å²) >= 11 is 1.60. The van der Waals surface area contributed by atoms with Crippen LogP contribution in [0.1, 0.15) is 28.2 Å². The Hall–Kier alpha value is -2.65. The van der Waals surface area contributed by atoms with Crippen molar-refractivity contribution in [3.05, 3.63) is 64.7 Å². The number of aromatic nitrogens is 2. The van der Waals surface area contributed by atoms with Crippen molar-refractivity contribution in [1.29, 1.82) is 0 Å². The number of halogens is 1. The zero-order chi connectivity index (χ0) is 20.0. The molecule has 28 heavy (non-hydrogen) atoms. The number of benzene rings is 1. The molecule has 0 radical (unpaired) electrons. The molecule has 0 saturated heterocycles. The molecule has 1 aromatic carbocycles. The largest absolute Gasteiger partial charge is 0.352 e. The molecule has 3 rings (SSSR count). The van der Waals surface area contributed by atoms with Crippen LogP contribution in [0.5, 0.6) is 0 Å². The Morgan fingerprint density at radius 2 is 1.93 bits per heavy atom. The molecule has 6 nitrogen and oxygen atoms in total. The topological polar surface area (TPSA) is 89.0 Å². The third kappa shape index (κ3) is 5.43. The van der Waals surface area contributed by atoms with Gasteiger partial charge in [0.25, 0.3) is 5.91 Å². The minimum absolute atomic E-state index is 0.286. The third-order valence-corrected chi connectivity index (χ3v) is 5.75. The SMILES string of the molecule is O=C(NCCCCc1nc(-c2cccnc2)cs1)c1ccc(S(=O)(=O)F)cc1. The first-order chi connectivity index (χ1) is 13.4. The number of aryl methyl sites for hydroxylation is 1. The first-order valence-corrected chi connectivity index (χ1v) is 10.9. The van der Waals surface area contributed by atoms with Crippen LogP contribution in [0.15, 0.2) is 59.1 Å². The van der Waals surface area contributed by atoms with Gasteiger partial charge in [0.15, 0.2) is 0 Å². The number of carbonyl (C=O) groups is 1. The Balaban J connectivity index is 1.41. The molecule has 0 saturated carbocycles. The number of carbonyl (C=O) groups excluding carboxylic acids is 1. The van der Waals surface area contributed by atoms with Gasteiger partial charge in [-0.1, -0.05) is 0 Å². The number of amides is 1. The van der Waals surface area contributed by atoms with E-state index < -0.39 is 15.1 Å². The summed E-state index contributed by atoms with van der Waals surface area (Å²) < 4.78 is 34.4. The molecule has 0 bridgehead atoms. The number of hydrogen-bond acceptors (Lipinski definition) is 6. The van der Waals surface area contributed by atoms with Crippen molar-refractivity contribution >= 4 is 27.5 Å². The van der Waals surface area contributed by atoms with E-state index in [1.54, 1.807) is 23.7 Å². The number of nitrogens with zero attached hydrogens (tertiary/aromatic N) is 2. The van der Waals surface area contributed by atoms with E-state index in [-0.39, 0.29) is 11.5 Å². The van der Waals surface area contributed by atoms with Crippen molar-refractivity contribution in [3.8, 4) is 11.3 Å². The second-order valence-corrected chi connectivity index (χ2v) is 8.33.